The van der Waals surface area contributed by atoms with Crippen molar-refractivity contribution in [2.45, 2.75) is 13.3 Å². The smallest absolute Gasteiger partial charge is 0.409 e. The van der Waals surface area contributed by atoms with Crippen LogP contribution in [0.25, 0.3) is 0 Å². The molecule has 0 aliphatic carbocycles. The van der Waals surface area contributed by atoms with Crippen molar-refractivity contribution < 1.29 is 14.3 Å². The Labute approximate surface area is 165 Å². The van der Waals surface area contributed by atoms with Gasteiger partial charge in [0.25, 0.3) is 5.91 Å². The molecule has 1 fully saturated rings. The molecule has 1 N–H and O–H groups in total. The minimum absolute atomic E-state index is 0.178. The number of amides is 2. The number of hydrogen-bond acceptors (Lipinski definition) is 5. The monoisotopic (exact) mass is 382 g/mol. The van der Waals surface area contributed by atoms with Gasteiger partial charge in [0.1, 0.15) is 5.69 Å². The van der Waals surface area contributed by atoms with Crippen molar-refractivity contribution in [2.75, 3.05) is 44.2 Å². The second-order valence-corrected chi connectivity index (χ2v) is 6.56. The summed E-state index contributed by atoms with van der Waals surface area (Å²) in [5, 5.41) is 2.92. The van der Waals surface area contributed by atoms with E-state index in [-0.39, 0.29) is 12.0 Å². The van der Waals surface area contributed by atoms with E-state index in [1.165, 1.54) is 5.56 Å². The normalized spacial score (nSPS) is 13.9. The molecule has 7 heteroatoms. The van der Waals surface area contributed by atoms with Crippen LogP contribution in [0.15, 0.2) is 48.7 Å². The fraction of sp³-hybridized carbons (Fsp3) is 0.381. The molecule has 0 radical (unpaired) electrons. The van der Waals surface area contributed by atoms with Crippen molar-refractivity contribution in [1.82, 2.24) is 15.2 Å². The fourth-order valence-corrected chi connectivity index (χ4v) is 3.16. The number of piperazine rings is 1. The first-order valence-electron chi connectivity index (χ1n) is 9.62. The molecule has 3 rings (SSSR count). The van der Waals surface area contributed by atoms with E-state index in [1.807, 2.05) is 36.4 Å². The fourth-order valence-electron chi connectivity index (χ4n) is 3.16. The highest BCUT2D eigenvalue weighted by Crippen LogP contribution is 2.17. The van der Waals surface area contributed by atoms with Crippen LogP contribution in [0.5, 0.6) is 0 Å². The molecule has 7 nitrogen and oxygen atoms in total. The summed E-state index contributed by atoms with van der Waals surface area (Å²) >= 11 is 0. The number of rotatable bonds is 6. The summed E-state index contributed by atoms with van der Waals surface area (Å²) in [4.78, 5) is 32.3. The maximum Gasteiger partial charge on any atom is 0.409 e. The average Bonchev–Trinajstić information content (AvgIpc) is 2.75. The predicted molar refractivity (Wildman–Crippen MR) is 108 cm³/mol. The van der Waals surface area contributed by atoms with Gasteiger partial charge in [-0.25, -0.2) is 4.79 Å². The molecule has 148 valence electrons. The third-order valence-corrected chi connectivity index (χ3v) is 4.69. The van der Waals surface area contributed by atoms with E-state index in [0.717, 1.165) is 12.1 Å². The number of anilines is 1. The molecule has 28 heavy (non-hydrogen) atoms. The first-order chi connectivity index (χ1) is 13.7. The summed E-state index contributed by atoms with van der Waals surface area (Å²) in [6.45, 7) is 5.33. The Balaban J connectivity index is 1.52. The lowest BCUT2D eigenvalue weighted by molar-refractivity contribution is 0.0949. The Kier molecular flexibility index (Phi) is 6.84. The molecule has 1 saturated heterocycles. The van der Waals surface area contributed by atoms with Gasteiger partial charge in [-0.2, -0.15) is 0 Å². The number of benzene rings is 1. The van der Waals surface area contributed by atoms with Gasteiger partial charge < -0.3 is 19.9 Å². The molecule has 0 spiro atoms. The van der Waals surface area contributed by atoms with E-state index in [9.17, 15) is 9.59 Å². The van der Waals surface area contributed by atoms with Crippen LogP contribution < -0.4 is 10.2 Å². The maximum atomic E-state index is 12.4. The lowest BCUT2D eigenvalue weighted by Crippen LogP contribution is -2.49. The van der Waals surface area contributed by atoms with Gasteiger partial charge in [0.15, 0.2) is 0 Å². The van der Waals surface area contributed by atoms with Gasteiger partial charge >= 0.3 is 6.09 Å². The minimum atomic E-state index is -0.268. The summed E-state index contributed by atoms with van der Waals surface area (Å²) in [7, 11) is 0. The molecule has 2 heterocycles. The number of nitrogens with zero attached hydrogens (tertiary/aromatic N) is 3. The lowest BCUT2D eigenvalue weighted by atomic mass is 10.1. The van der Waals surface area contributed by atoms with Crippen molar-refractivity contribution in [3.63, 3.8) is 0 Å². The van der Waals surface area contributed by atoms with Gasteiger partial charge in [-0.05, 0) is 31.0 Å². The Hall–Kier alpha value is -3.09. The zero-order valence-electron chi connectivity index (χ0n) is 16.1. The van der Waals surface area contributed by atoms with Crippen molar-refractivity contribution >= 4 is 17.7 Å². The van der Waals surface area contributed by atoms with Crippen LogP contribution in [0.1, 0.15) is 23.0 Å². The number of carbonyl (C=O) groups excluding carboxylic acids is 2. The van der Waals surface area contributed by atoms with E-state index in [1.54, 1.807) is 24.1 Å². The van der Waals surface area contributed by atoms with Crippen molar-refractivity contribution in [3.05, 3.63) is 59.9 Å². The Bertz CT molecular complexity index is 789. The largest absolute Gasteiger partial charge is 0.450 e. The van der Waals surface area contributed by atoms with Crippen molar-refractivity contribution in [1.29, 1.82) is 0 Å². The second-order valence-electron chi connectivity index (χ2n) is 6.56. The standard InChI is InChI=1S/C21H26N4O3/c1-2-28-21(27)25-14-12-24(13-15-25)18-9-11-22-19(16-18)20(26)23-10-8-17-6-4-3-5-7-17/h3-7,9,11,16H,2,8,10,12-15H2,1H3,(H,23,26). The molecule has 0 bridgehead atoms. The maximum absolute atomic E-state index is 12.4. The number of nitrogens with one attached hydrogen (secondary N) is 1. The second kappa shape index (κ2) is 9.73. The van der Waals surface area contributed by atoms with Gasteiger partial charge in [-0.1, -0.05) is 30.3 Å². The molecular formula is C21H26N4O3. The molecule has 0 unspecified atom stereocenters. The van der Waals surface area contributed by atoms with Crippen molar-refractivity contribution in [2.24, 2.45) is 0 Å². The number of carbonyl (C=O) groups is 2. The first-order valence-corrected chi connectivity index (χ1v) is 9.62. The number of ether oxygens (including phenoxy) is 1. The Morgan fingerprint density at radius 2 is 1.86 bits per heavy atom. The van der Waals surface area contributed by atoms with Crippen molar-refractivity contribution in [3.8, 4) is 0 Å². The molecule has 0 atom stereocenters. The third kappa shape index (κ3) is 5.22. The first kappa shape index (κ1) is 19.7. The average molecular weight is 382 g/mol. The van der Waals surface area contributed by atoms with Crippen LogP contribution in [0.3, 0.4) is 0 Å². The van der Waals surface area contributed by atoms with Crippen LogP contribution in [0.4, 0.5) is 10.5 Å². The third-order valence-electron chi connectivity index (χ3n) is 4.69. The molecule has 1 aromatic carbocycles. The molecule has 2 aromatic rings. The highest BCUT2D eigenvalue weighted by Gasteiger charge is 2.22. The van der Waals surface area contributed by atoms with E-state index < -0.39 is 0 Å². The molecule has 0 saturated carbocycles. The topological polar surface area (TPSA) is 74.8 Å². The number of aromatic nitrogens is 1. The SMILES string of the molecule is CCOC(=O)N1CCN(c2ccnc(C(=O)NCCc3ccccc3)c2)CC1. The van der Waals surface area contributed by atoms with Crippen LogP contribution in [0, 0.1) is 0 Å². The Morgan fingerprint density at radius 3 is 2.57 bits per heavy atom. The summed E-state index contributed by atoms with van der Waals surface area (Å²) in [6, 6.07) is 13.7. The number of hydrogen-bond donors (Lipinski definition) is 1. The summed E-state index contributed by atoms with van der Waals surface area (Å²) in [5.74, 6) is -0.178. The van der Waals surface area contributed by atoms with Crippen LogP contribution in [0.2, 0.25) is 0 Å². The predicted octanol–water partition coefficient (Wildman–Crippen LogP) is 2.33. The summed E-state index contributed by atoms with van der Waals surface area (Å²) < 4.78 is 5.05. The van der Waals surface area contributed by atoms with Gasteiger partial charge in [-0.3, -0.25) is 9.78 Å². The van der Waals surface area contributed by atoms with Gasteiger partial charge in [0.05, 0.1) is 6.61 Å². The van der Waals surface area contributed by atoms with Crippen LogP contribution in [-0.4, -0.2) is 61.2 Å². The quantitative estimate of drug-likeness (QED) is 0.830. The molecule has 1 aliphatic heterocycles. The Morgan fingerprint density at radius 1 is 1.11 bits per heavy atom. The zero-order valence-corrected chi connectivity index (χ0v) is 16.1. The highest BCUT2D eigenvalue weighted by molar-refractivity contribution is 5.93. The van der Waals surface area contributed by atoms with Gasteiger partial charge in [0, 0.05) is 44.6 Å². The van der Waals surface area contributed by atoms with Gasteiger partial charge in [-0.15, -0.1) is 0 Å². The minimum Gasteiger partial charge on any atom is -0.450 e. The molecule has 1 aromatic heterocycles. The van der Waals surface area contributed by atoms with E-state index in [4.69, 9.17) is 4.74 Å². The summed E-state index contributed by atoms with van der Waals surface area (Å²) in [6.07, 6.45) is 2.16. The zero-order chi connectivity index (χ0) is 19.8. The van der Waals surface area contributed by atoms with Crippen LogP contribution >= 0.6 is 0 Å². The van der Waals surface area contributed by atoms with E-state index >= 15 is 0 Å². The molecule has 2 amide bonds. The van der Waals surface area contributed by atoms with Gasteiger partial charge in [0.2, 0.25) is 0 Å². The highest BCUT2D eigenvalue weighted by atomic mass is 16.6. The van der Waals surface area contributed by atoms with Crippen LogP contribution in [-0.2, 0) is 11.2 Å². The molecule has 1 aliphatic rings. The van der Waals surface area contributed by atoms with E-state index in [0.29, 0.717) is 45.0 Å². The molecular weight excluding hydrogens is 356 g/mol. The summed E-state index contributed by atoms with van der Waals surface area (Å²) in [5.41, 5.74) is 2.52. The lowest BCUT2D eigenvalue weighted by Gasteiger charge is -2.35. The number of pyridine rings is 1. The van der Waals surface area contributed by atoms with E-state index in [2.05, 4.69) is 15.2 Å².